The number of nitrogens with zero attached hydrogens (tertiary/aromatic N) is 1. The minimum absolute atomic E-state index is 0.0959. The van der Waals surface area contributed by atoms with E-state index in [2.05, 4.69) is 23.3 Å². The van der Waals surface area contributed by atoms with Crippen LogP contribution in [0.2, 0.25) is 0 Å². The highest BCUT2D eigenvalue weighted by Crippen LogP contribution is 2.45. The molecule has 192 valence electrons. The summed E-state index contributed by atoms with van der Waals surface area (Å²) in [6.45, 7) is 4.00. The maximum absolute atomic E-state index is 13.0. The molecule has 3 aromatic rings. The first kappa shape index (κ1) is 25.8. The zero-order chi connectivity index (χ0) is 26.5. The molecule has 0 radical (unpaired) electrons. The van der Waals surface area contributed by atoms with Crippen LogP contribution in [0.3, 0.4) is 0 Å². The maximum Gasteiger partial charge on any atom is 0.228 e. The summed E-state index contributed by atoms with van der Waals surface area (Å²) in [4.78, 5) is 17.2. The lowest BCUT2D eigenvalue weighted by Gasteiger charge is -2.14. The molecular formula is C30H32N2O5. The van der Waals surface area contributed by atoms with Gasteiger partial charge in [-0.25, -0.2) is 0 Å². The van der Waals surface area contributed by atoms with E-state index < -0.39 is 0 Å². The van der Waals surface area contributed by atoms with Gasteiger partial charge in [0.05, 0.1) is 46.7 Å². The van der Waals surface area contributed by atoms with Gasteiger partial charge in [0.15, 0.2) is 11.5 Å². The molecule has 1 aromatic heterocycles. The predicted octanol–water partition coefficient (Wildman–Crippen LogP) is 5.87. The van der Waals surface area contributed by atoms with E-state index in [1.54, 1.807) is 40.8 Å². The van der Waals surface area contributed by atoms with Gasteiger partial charge < -0.3 is 24.3 Å². The second-order valence-corrected chi connectivity index (χ2v) is 8.85. The second-order valence-electron chi connectivity index (χ2n) is 8.85. The number of methoxy groups -OCH3 is 4. The molecule has 7 nitrogen and oxygen atoms in total. The smallest absolute Gasteiger partial charge is 0.228 e. The molecule has 0 unspecified atom stereocenters. The van der Waals surface area contributed by atoms with Gasteiger partial charge in [-0.1, -0.05) is 12.1 Å². The summed E-state index contributed by atoms with van der Waals surface area (Å²) in [6.07, 6.45) is 6.47. The number of rotatable bonds is 9. The summed E-state index contributed by atoms with van der Waals surface area (Å²) in [5.41, 5.74) is 7.90. The van der Waals surface area contributed by atoms with Crippen molar-refractivity contribution in [2.75, 3.05) is 33.8 Å². The summed E-state index contributed by atoms with van der Waals surface area (Å²) >= 11 is 0. The number of fused-ring (bicyclic) bond motifs is 1. The minimum atomic E-state index is -0.0959. The topological polar surface area (TPSA) is 78.9 Å². The molecule has 1 amide bonds. The number of nitrogens with one attached hydrogen (secondary N) is 1. The Morgan fingerprint density at radius 2 is 1.62 bits per heavy atom. The van der Waals surface area contributed by atoms with E-state index in [1.807, 2.05) is 43.3 Å². The minimum Gasteiger partial charge on any atom is -0.497 e. The van der Waals surface area contributed by atoms with Gasteiger partial charge in [-0.3, -0.25) is 9.78 Å². The van der Waals surface area contributed by atoms with Crippen LogP contribution in [-0.2, 0) is 11.2 Å². The molecule has 0 spiro atoms. The molecule has 0 saturated carbocycles. The lowest BCUT2D eigenvalue weighted by atomic mass is 10.00. The van der Waals surface area contributed by atoms with Crippen molar-refractivity contribution in [1.82, 2.24) is 4.98 Å². The van der Waals surface area contributed by atoms with Gasteiger partial charge in [-0.15, -0.1) is 0 Å². The van der Waals surface area contributed by atoms with Crippen LogP contribution in [0, 0.1) is 6.92 Å². The Morgan fingerprint density at radius 1 is 0.892 bits per heavy atom. The Labute approximate surface area is 217 Å². The molecule has 1 aliphatic rings. The van der Waals surface area contributed by atoms with E-state index in [-0.39, 0.29) is 12.3 Å². The molecule has 1 heterocycles. The molecular weight excluding hydrogens is 468 g/mol. The maximum atomic E-state index is 13.0. The largest absolute Gasteiger partial charge is 0.497 e. The summed E-state index contributed by atoms with van der Waals surface area (Å²) in [7, 11) is 6.45. The van der Waals surface area contributed by atoms with Crippen LogP contribution in [0.15, 0.2) is 60.4 Å². The van der Waals surface area contributed by atoms with Gasteiger partial charge in [-0.05, 0) is 89.6 Å². The highest BCUT2D eigenvalue weighted by molar-refractivity contribution is 6.07. The van der Waals surface area contributed by atoms with Crippen LogP contribution in [0.25, 0.3) is 11.1 Å². The van der Waals surface area contributed by atoms with Crippen LogP contribution >= 0.6 is 0 Å². The molecule has 7 heteroatoms. The number of carbonyl (C=O) groups excluding carboxylic acids is 1. The summed E-state index contributed by atoms with van der Waals surface area (Å²) < 4.78 is 22.0. The molecule has 1 aliphatic carbocycles. The molecule has 2 aromatic carbocycles. The summed E-state index contributed by atoms with van der Waals surface area (Å²) in [5.74, 6) is 2.44. The molecule has 37 heavy (non-hydrogen) atoms. The van der Waals surface area contributed by atoms with Crippen molar-refractivity contribution in [2.45, 2.75) is 26.7 Å². The summed E-state index contributed by atoms with van der Waals surface area (Å²) in [6, 6.07) is 11.8. The molecule has 0 atom stereocenters. The number of benzene rings is 2. The van der Waals surface area contributed by atoms with Gasteiger partial charge in [0.25, 0.3) is 0 Å². The van der Waals surface area contributed by atoms with Crippen molar-refractivity contribution in [1.29, 1.82) is 0 Å². The first-order chi connectivity index (χ1) is 17.9. The lowest BCUT2D eigenvalue weighted by molar-refractivity contribution is -0.115. The van der Waals surface area contributed by atoms with Crippen molar-refractivity contribution in [3.63, 3.8) is 0 Å². The SMILES string of the molecule is COc1ccc2c(c1)C(CC(=O)Nc1cncc(C)c1)=C(C)/C2=C/Cc1cc(OC)c(OC)c(OC)c1. The quantitative estimate of drug-likeness (QED) is 0.396. The zero-order valence-electron chi connectivity index (χ0n) is 22.1. The van der Waals surface area contributed by atoms with Crippen molar-refractivity contribution >= 4 is 22.7 Å². The lowest BCUT2D eigenvalue weighted by Crippen LogP contribution is -2.12. The number of aromatic nitrogens is 1. The first-order valence-electron chi connectivity index (χ1n) is 12.0. The van der Waals surface area contributed by atoms with E-state index in [1.165, 1.54) is 0 Å². The molecule has 0 bridgehead atoms. The highest BCUT2D eigenvalue weighted by Gasteiger charge is 2.26. The molecule has 1 N–H and O–H groups in total. The average molecular weight is 501 g/mol. The van der Waals surface area contributed by atoms with Gasteiger partial charge in [-0.2, -0.15) is 0 Å². The number of aryl methyl sites for hydroxylation is 1. The van der Waals surface area contributed by atoms with Crippen LogP contribution < -0.4 is 24.3 Å². The number of ether oxygens (including phenoxy) is 4. The van der Waals surface area contributed by atoms with E-state index in [0.29, 0.717) is 29.4 Å². The Bertz CT molecular complexity index is 1370. The number of hydrogen-bond acceptors (Lipinski definition) is 6. The Hall–Kier alpha value is -4.26. The van der Waals surface area contributed by atoms with E-state index >= 15 is 0 Å². The van der Waals surface area contributed by atoms with Crippen LogP contribution in [0.4, 0.5) is 5.69 Å². The number of anilines is 1. The standard InChI is InChI=1S/C30H32N2O5/c1-18-11-21(17-31-16-18)32-29(33)15-25-19(2)23(24-10-8-22(34-3)14-26(24)25)9-7-20-12-27(35-4)30(37-6)28(13-20)36-5/h8-14,16-17H,7,15H2,1-6H3,(H,32,33)/b23-9-. The third-order valence-corrected chi connectivity index (χ3v) is 6.46. The predicted molar refractivity (Wildman–Crippen MR) is 146 cm³/mol. The first-order valence-corrected chi connectivity index (χ1v) is 12.0. The van der Waals surface area contributed by atoms with E-state index in [4.69, 9.17) is 18.9 Å². The van der Waals surface area contributed by atoms with Crippen LogP contribution in [-0.4, -0.2) is 39.3 Å². The Kier molecular flexibility index (Phi) is 7.82. The van der Waals surface area contributed by atoms with Gasteiger partial charge >= 0.3 is 0 Å². The highest BCUT2D eigenvalue weighted by atomic mass is 16.5. The zero-order valence-corrected chi connectivity index (χ0v) is 22.1. The van der Waals surface area contributed by atoms with Crippen LogP contribution in [0.1, 0.15) is 35.6 Å². The monoisotopic (exact) mass is 500 g/mol. The third kappa shape index (κ3) is 5.45. The van der Waals surface area contributed by atoms with Crippen molar-refractivity contribution in [3.05, 3.63) is 82.7 Å². The number of carbonyl (C=O) groups is 1. The van der Waals surface area contributed by atoms with Crippen molar-refractivity contribution in [3.8, 4) is 23.0 Å². The van der Waals surface area contributed by atoms with E-state index in [0.717, 1.165) is 44.7 Å². The molecule has 0 saturated heterocycles. The van der Waals surface area contributed by atoms with E-state index in [9.17, 15) is 4.79 Å². The van der Waals surface area contributed by atoms with Crippen molar-refractivity contribution in [2.24, 2.45) is 0 Å². The normalized spacial score (nSPS) is 13.4. The summed E-state index contributed by atoms with van der Waals surface area (Å²) in [5, 5.41) is 2.97. The van der Waals surface area contributed by atoms with Gasteiger partial charge in [0.1, 0.15) is 5.75 Å². The number of amides is 1. The number of hydrogen-bond donors (Lipinski definition) is 1. The molecule has 4 rings (SSSR count). The van der Waals surface area contributed by atoms with Gasteiger partial charge in [0, 0.05) is 6.20 Å². The Balaban J connectivity index is 1.67. The van der Waals surface area contributed by atoms with Crippen LogP contribution in [0.5, 0.6) is 23.0 Å². The fraction of sp³-hybridized carbons (Fsp3) is 0.267. The third-order valence-electron chi connectivity index (χ3n) is 6.46. The molecule has 0 fully saturated rings. The fourth-order valence-electron chi connectivity index (χ4n) is 4.65. The molecule has 0 aliphatic heterocycles. The number of pyridine rings is 1. The Morgan fingerprint density at radius 3 is 2.24 bits per heavy atom. The fourth-order valence-corrected chi connectivity index (χ4v) is 4.65. The van der Waals surface area contributed by atoms with Gasteiger partial charge in [0.2, 0.25) is 11.7 Å². The second kappa shape index (κ2) is 11.2. The number of allylic oxidation sites excluding steroid dienone is 3. The van der Waals surface area contributed by atoms with Crippen molar-refractivity contribution < 1.29 is 23.7 Å². The average Bonchev–Trinajstić information content (AvgIpc) is 3.16.